The molecule has 1 amide bonds. The minimum Gasteiger partial charge on any atom is -0.494 e. The molecule has 2 rings (SSSR count). The molecule has 0 atom stereocenters. The van der Waals surface area contributed by atoms with Crippen LogP contribution in [0.15, 0.2) is 30.3 Å². The third-order valence-electron chi connectivity index (χ3n) is 3.42. The fourth-order valence-electron chi connectivity index (χ4n) is 2.27. The van der Waals surface area contributed by atoms with Crippen molar-refractivity contribution in [3.8, 4) is 5.75 Å². The van der Waals surface area contributed by atoms with Crippen LogP contribution < -0.4 is 4.74 Å². The largest absolute Gasteiger partial charge is 0.494 e. The number of carboxylic acid groups (broad SMARTS) is 1. The minimum absolute atomic E-state index is 0.587. The zero-order chi connectivity index (χ0) is 12.8. The number of para-hydroxylation sites is 1. The lowest BCUT2D eigenvalue weighted by Crippen LogP contribution is -2.37. The zero-order valence-corrected chi connectivity index (χ0v) is 10.4. The van der Waals surface area contributed by atoms with E-state index in [0.717, 1.165) is 25.0 Å². The molecule has 0 aliphatic carbocycles. The van der Waals surface area contributed by atoms with Gasteiger partial charge in [-0.2, -0.15) is 0 Å². The zero-order valence-electron chi connectivity index (χ0n) is 10.4. The number of ether oxygens (including phenoxy) is 1. The second-order valence-corrected chi connectivity index (χ2v) is 4.66. The van der Waals surface area contributed by atoms with Crippen LogP contribution in [-0.2, 0) is 0 Å². The first kappa shape index (κ1) is 12.7. The monoisotopic (exact) mass is 249 g/mol. The lowest BCUT2D eigenvalue weighted by Gasteiger charge is -2.29. The maximum Gasteiger partial charge on any atom is 0.407 e. The Balaban J connectivity index is 1.65. The summed E-state index contributed by atoms with van der Waals surface area (Å²) < 4.78 is 5.65. The molecule has 0 saturated carbocycles. The quantitative estimate of drug-likeness (QED) is 0.892. The van der Waals surface area contributed by atoms with Crippen LogP contribution in [0.5, 0.6) is 5.75 Å². The lowest BCUT2D eigenvalue weighted by atomic mass is 9.94. The second-order valence-electron chi connectivity index (χ2n) is 4.66. The van der Waals surface area contributed by atoms with Gasteiger partial charge in [0.15, 0.2) is 0 Å². The summed E-state index contributed by atoms with van der Waals surface area (Å²) in [6, 6.07) is 9.79. The number of piperidine rings is 1. The highest BCUT2D eigenvalue weighted by Crippen LogP contribution is 2.21. The number of nitrogens with zero attached hydrogens (tertiary/aromatic N) is 1. The predicted molar refractivity (Wildman–Crippen MR) is 68.9 cm³/mol. The van der Waals surface area contributed by atoms with E-state index in [0.29, 0.717) is 25.6 Å². The second kappa shape index (κ2) is 6.28. The highest BCUT2D eigenvalue weighted by molar-refractivity contribution is 5.64. The van der Waals surface area contributed by atoms with Gasteiger partial charge in [-0.05, 0) is 37.3 Å². The summed E-state index contributed by atoms with van der Waals surface area (Å²) in [4.78, 5) is 12.3. The van der Waals surface area contributed by atoms with Crippen molar-refractivity contribution in [1.29, 1.82) is 0 Å². The Morgan fingerprint density at radius 1 is 1.28 bits per heavy atom. The van der Waals surface area contributed by atoms with Crippen molar-refractivity contribution in [3.05, 3.63) is 30.3 Å². The van der Waals surface area contributed by atoms with Gasteiger partial charge in [-0.15, -0.1) is 0 Å². The van der Waals surface area contributed by atoms with Crippen LogP contribution in [0.25, 0.3) is 0 Å². The van der Waals surface area contributed by atoms with E-state index in [1.807, 2.05) is 30.3 Å². The molecule has 1 N–H and O–H groups in total. The molecule has 0 radical (unpaired) electrons. The van der Waals surface area contributed by atoms with Crippen LogP contribution in [0.2, 0.25) is 0 Å². The van der Waals surface area contributed by atoms with Crippen LogP contribution in [0.1, 0.15) is 19.3 Å². The van der Waals surface area contributed by atoms with E-state index in [9.17, 15) is 4.79 Å². The maximum atomic E-state index is 10.8. The Hall–Kier alpha value is -1.71. The average Bonchev–Trinajstić information content (AvgIpc) is 2.40. The van der Waals surface area contributed by atoms with E-state index < -0.39 is 6.09 Å². The van der Waals surface area contributed by atoms with Crippen LogP contribution in [0.4, 0.5) is 4.79 Å². The van der Waals surface area contributed by atoms with Gasteiger partial charge >= 0.3 is 6.09 Å². The summed E-state index contributed by atoms with van der Waals surface area (Å²) >= 11 is 0. The normalized spacial score (nSPS) is 16.6. The summed E-state index contributed by atoms with van der Waals surface area (Å²) in [6.07, 6.45) is 2.10. The van der Waals surface area contributed by atoms with Crippen molar-refractivity contribution < 1.29 is 14.6 Å². The molecule has 4 nitrogen and oxygen atoms in total. The predicted octanol–water partition coefficient (Wildman–Crippen LogP) is 2.85. The van der Waals surface area contributed by atoms with Crippen molar-refractivity contribution in [2.24, 2.45) is 5.92 Å². The van der Waals surface area contributed by atoms with Crippen LogP contribution in [-0.4, -0.2) is 35.8 Å². The molecule has 1 fully saturated rings. The molecule has 1 saturated heterocycles. The molecule has 0 unspecified atom stereocenters. The minimum atomic E-state index is -0.797. The van der Waals surface area contributed by atoms with Crippen molar-refractivity contribution in [1.82, 2.24) is 4.90 Å². The van der Waals surface area contributed by atoms with Crippen molar-refractivity contribution >= 4 is 6.09 Å². The highest BCUT2D eigenvalue weighted by Gasteiger charge is 2.21. The number of benzene rings is 1. The van der Waals surface area contributed by atoms with E-state index in [4.69, 9.17) is 9.84 Å². The highest BCUT2D eigenvalue weighted by atomic mass is 16.5. The Labute approximate surface area is 107 Å². The molecule has 1 aromatic carbocycles. The summed E-state index contributed by atoms with van der Waals surface area (Å²) in [6.45, 7) is 2.03. The first-order valence-electron chi connectivity index (χ1n) is 6.41. The number of likely N-dealkylation sites (tertiary alicyclic amines) is 1. The van der Waals surface area contributed by atoms with Crippen LogP contribution in [0.3, 0.4) is 0 Å². The van der Waals surface area contributed by atoms with Gasteiger partial charge in [0.2, 0.25) is 0 Å². The van der Waals surface area contributed by atoms with Gasteiger partial charge in [-0.1, -0.05) is 18.2 Å². The molecule has 1 aromatic rings. The maximum absolute atomic E-state index is 10.8. The number of carbonyl (C=O) groups is 1. The molecule has 1 heterocycles. The lowest BCUT2D eigenvalue weighted by molar-refractivity contribution is 0.119. The van der Waals surface area contributed by atoms with E-state index >= 15 is 0 Å². The third kappa shape index (κ3) is 3.65. The van der Waals surface area contributed by atoms with Gasteiger partial charge < -0.3 is 14.7 Å². The fourth-order valence-corrected chi connectivity index (χ4v) is 2.27. The van der Waals surface area contributed by atoms with Gasteiger partial charge in [0.05, 0.1) is 6.61 Å². The molecule has 18 heavy (non-hydrogen) atoms. The Morgan fingerprint density at radius 3 is 2.56 bits per heavy atom. The molecule has 1 aliphatic heterocycles. The average molecular weight is 249 g/mol. The van der Waals surface area contributed by atoms with Crippen LogP contribution >= 0.6 is 0 Å². The smallest absolute Gasteiger partial charge is 0.407 e. The Kier molecular flexibility index (Phi) is 4.45. The topological polar surface area (TPSA) is 49.8 Å². The third-order valence-corrected chi connectivity index (χ3v) is 3.42. The first-order valence-corrected chi connectivity index (χ1v) is 6.41. The molecule has 0 aromatic heterocycles. The summed E-state index contributed by atoms with van der Waals surface area (Å²) in [7, 11) is 0. The SMILES string of the molecule is O=C(O)N1CCC(CCOc2ccccc2)CC1. The van der Waals surface area contributed by atoms with Crippen molar-refractivity contribution in [2.75, 3.05) is 19.7 Å². The molecule has 4 heteroatoms. The standard InChI is InChI=1S/C14H19NO3/c16-14(17)15-9-6-12(7-10-15)8-11-18-13-4-2-1-3-5-13/h1-5,12H,6-11H2,(H,16,17). The Bertz CT molecular complexity index is 372. The van der Waals surface area contributed by atoms with E-state index in [1.54, 1.807) is 0 Å². The molecular weight excluding hydrogens is 230 g/mol. The molecular formula is C14H19NO3. The number of amides is 1. The summed E-state index contributed by atoms with van der Waals surface area (Å²) in [5.41, 5.74) is 0. The summed E-state index contributed by atoms with van der Waals surface area (Å²) in [5, 5.41) is 8.85. The molecule has 0 bridgehead atoms. The number of hydrogen-bond acceptors (Lipinski definition) is 2. The first-order chi connectivity index (χ1) is 8.75. The Morgan fingerprint density at radius 2 is 1.94 bits per heavy atom. The van der Waals surface area contributed by atoms with Gasteiger partial charge in [0, 0.05) is 13.1 Å². The molecule has 0 spiro atoms. The van der Waals surface area contributed by atoms with E-state index in [-0.39, 0.29) is 0 Å². The van der Waals surface area contributed by atoms with Gasteiger partial charge in [0.1, 0.15) is 5.75 Å². The van der Waals surface area contributed by atoms with Crippen molar-refractivity contribution in [2.45, 2.75) is 19.3 Å². The fraction of sp³-hybridized carbons (Fsp3) is 0.500. The van der Waals surface area contributed by atoms with E-state index in [2.05, 4.69) is 0 Å². The molecule has 1 aliphatic rings. The molecule has 98 valence electrons. The number of rotatable bonds is 4. The van der Waals surface area contributed by atoms with Gasteiger partial charge in [-0.25, -0.2) is 4.79 Å². The van der Waals surface area contributed by atoms with Crippen LogP contribution in [0, 0.1) is 5.92 Å². The van der Waals surface area contributed by atoms with E-state index in [1.165, 1.54) is 4.90 Å². The number of hydrogen-bond donors (Lipinski definition) is 1. The summed E-state index contributed by atoms with van der Waals surface area (Å²) in [5.74, 6) is 1.49. The van der Waals surface area contributed by atoms with Crippen molar-refractivity contribution in [3.63, 3.8) is 0 Å². The van der Waals surface area contributed by atoms with Gasteiger partial charge in [-0.3, -0.25) is 0 Å². The van der Waals surface area contributed by atoms with Gasteiger partial charge in [0.25, 0.3) is 0 Å².